The minimum absolute atomic E-state index is 0.0999. The van der Waals surface area contributed by atoms with E-state index in [4.69, 9.17) is 0 Å². The number of fused-ring (bicyclic) bond motifs is 3. The molecule has 0 aromatic heterocycles. The third-order valence-electron chi connectivity index (χ3n) is 5.26. The first kappa shape index (κ1) is 18.0. The van der Waals surface area contributed by atoms with E-state index in [2.05, 4.69) is 6.92 Å². The molecule has 1 fully saturated rings. The Bertz CT molecular complexity index is 1010. The van der Waals surface area contributed by atoms with E-state index in [9.17, 15) is 17.6 Å². The number of sulfonamides is 1. The van der Waals surface area contributed by atoms with Gasteiger partial charge in [0.25, 0.3) is 10.0 Å². The maximum atomic E-state index is 13.9. The third kappa shape index (κ3) is 3.10. The van der Waals surface area contributed by atoms with Crippen LogP contribution in [0.15, 0.2) is 47.4 Å². The van der Waals surface area contributed by atoms with Gasteiger partial charge in [-0.3, -0.25) is 9.10 Å². The van der Waals surface area contributed by atoms with Crippen molar-refractivity contribution in [2.24, 2.45) is 5.92 Å². The third-order valence-corrected chi connectivity index (χ3v) is 7.08. The molecule has 0 unspecified atom stereocenters. The maximum Gasteiger partial charge on any atom is 0.265 e. The molecule has 142 valence electrons. The van der Waals surface area contributed by atoms with Gasteiger partial charge in [-0.25, -0.2) is 12.8 Å². The quantitative estimate of drug-likeness (QED) is 0.794. The number of halogens is 1. The van der Waals surface area contributed by atoms with E-state index in [-0.39, 0.29) is 17.3 Å². The van der Waals surface area contributed by atoms with Gasteiger partial charge in [0, 0.05) is 24.2 Å². The molecule has 2 aromatic rings. The summed E-state index contributed by atoms with van der Waals surface area (Å²) in [7, 11) is -3.89. The summed E-state index contributed by atoms with van der Waals surface area (Å²) in [6, 6.07) is 10.5. The summed E-state index contributed by atoms with van der Waals surface area (Å²) >= 11 is 0. The van der Waals surface area contributed by atoms with Crippen molar-refractivity contribution in [1.29, 1.82) is 0 Å². The van der Waals surface area contributed by atoms with Crippen LogP contribution in [0.4, 0.5) is 10.1 Å². The van der Waals surface area contributed by atoms with Crippen molar-refractivity contribution in [3.8, 4) is 11.1 Å². The summed E-state index contributed by atoms with van der Waals surface area (Å²) in [5.41, 5.74) is 1.29. The van der Waals surface area contributed by atoms with E-state index in [1.165, 1.54) is 24.3 Å². The van der Waals surface area contributed by atoms with Gasteiger partial charge in [0.15, 0.2) is 0 Å². The SMILES string of the molecule is C[C@@H]1CCCN(C(=O)CN2c3ccc(F)cc3-c3ccccc3S2(=O)=O)C1. The normalized spacial score (nSPS) is 20.7. The number of carbonyl (C=O) groups excluding carboxylic acids is 1. The second kappa shape index (κ2) is 6.64. The minimum Gasteiger partial charge on any atom is -0.341 e. The Morgan fingerprint density at radius 3 is 2.74 bits per heavy atom. The van der Waals surface area contributed by atoms with Crippen LogP contribution >= 0.6 is 0 Å². The molecule has 4 rings (SSSR count). The number of rotatable bonds is 2. The number of hydrogen-bond acceptors (Lipinski definition) is 3. The van der Waals surface area contributed by atoms with Gasteiger partial charge in [0.05, 0.1) is 10.6 Å². The molecule has 0 saturated carbocycles. The zero-order valence-corrected chi connectivity index (χ0v) is 15.9. The fourth-order valence-electron chi connectivity index (χ4n) is 3.91. The number of carbonyl (C=O) groups is 1. The zero-order valence-electron chi connectivity index (χ0n) is 15.1. The predicted octanol–water partition coefficient (Wildman–Crippen LogP) is 3.26. The topological polar surface area (TPSA) is 57.7 Å². The summed E-state index contributed by atoms with van der Waals surface area (Å²) < 4.78 is 41.4. The summed E-state index contributed by atoms with van der Waals surface area (Å²) in [5, 5.41) is 0. The Balaban J connectivity index is 1.76. The first-order valence-corrected chi connectivity index (χ1v) is 10.5. The van der Waals surface area contributed by atoms with Crippen LogP contribution in [0.25, 0.3) is 11.1 Å². The Hall–Kier alpha value is -2.41. The van der Waals surface area contributed by atoms with Crippen molar-refractivity contribution in [2.45, 2.75) is 24.7 Å². The molecule has 2 aliphatic rings. The minimum atomic E-state index is -3.89. The lowest BCUT2D eigenvalue weighted by Gasteiger charge is -2.35. The van der Waals surface area contributed by atoms with E-state index in [0.717, 1.165) is 17.1 Å². The molecule has 5 nitrogen and oxygen atoms in total. The number of benzene rings is 2. The van der Waals surface area contributed by atoms with Gasteiger partial charge in [-0.1, -0.05) is 25.1 Å². The van der Waals surface area contributed by atoms with Gasteiger partial charge in [0.1, 0.15) is 12.4 Å². The Morgan fingerprint density at radius 2 is 1.96 bits per heavy atom. The number of amides is 1. The molecule has 1 atom stereocenters. The molecule has 1 saturated heterocycles. The van der Waals surface area contributed by atoms with Crippen LogP contribution in [0.1, 0.15) is 19.8 Å². The van der Waals surface area contributed by atoms with Gasteiger partial charge in [0.2, 0.25) is 5.91 Å². The molecule has 0 bridgehead atoms. The van der Waals surface area contributed by atoms with E-state index < -0.39 is 15.8 Å². The Kier molecular flexibility index (Phi) is 4.42. The molecule has 0 aliphatic carbocycles. The molecule has 1 amide bonds. The van der Waals surface area contributed by atoms with Crippen molar-refractivity contribution in [1.82, 2.24) is 4.90 Å². The van der Waals surface area contributed by atoms with Gasteiger partial charge in [-0.15, -0.1) is 0 Å². The van der Waals surface area contributed by atoms with Crippen LogP contribution in [0.3, 0.4) is 0 Å². The molecule has 2 aliphatic heterocycles. The second-order valence-corrected chi connectivity index (χ2v) is 9.09. The zero-order chi connectivity index (χ0) is 19.2. The molecule has 2 heterocycles. The molecular formula is C20H21FN2O3S. The number of nitrogens with zero attached hydrogens (tertiary/aromatic N) is 2. The standard InChI is InChI=1S/C20H21FN2O3S/c1-14-5-4-10-22(12-14)20(24)13-23-18-9-8-15(21)11-17(18)16-6-2-3-7-19(16)27(23,25)26/h2-3,6-9,11,14H,4-5,10,12-13H2,1H3/t14-/m1/s1. The van der Waals surface area contributed by atoms with Crippen LogP contribution in [0, 0.1) is 11.7 Å². The number of hydrogen-bond donors (Lipinski definition) is 0. The first-order valence-electron chi connectivity index (χ1n) is 9.07. The summed E-state index contributed by atoms with van der Waals surface area (Å²) in [6.07, 6.45) is 1.99. The average molecular weight is 388 g/mol. The van der Waals surface area contributed by atoms with Crippen LogP contribution in [-0.2, 0) is 14.8 Å². The van der Waals surface area contributed by atoms with Crippen LogP contribution in [0.2, 0.25) is 0 Å². The fourth-order valence-corrected chi connectivity index (χ4v) is 5.56. The fraction of sp³-hybridized carbons (Fsp3) is 0.350. The Labute approximate surface area is 158 Å². The smallest absolute Gasteiger partial charge is 0.265 e. The van der Waals surface area contributed by atoms with Crippen molar-refractivity contribution >= 4 is 21.6 Å². The summed E-state index contributed by atoms with van der Waals surface area (Å²) in [6.45, 7) is 3.09. The number of piperidine rings is 1. The molecule has 0 spiro atoms. The lowest BCUT2D eigenvalue weighted by molar-refractivity contribution is -0.131. The maximum absolute atomic E-state index is 13.9. The van der Waals surface area contributed by atoms with Gasteiger partial charge in [-0.05, 0) is 43.0 Å². The highest BCUT2D eigenvalue weighted by molar-refractivity contribution is 7.93. The second-order valence-electron chi connectivity index (χ2n) is 7.26. The first-order chi connectivity index (χ1) is 12.9. The summed E-state index contributed by atoms with van der Waals surface area (Å²) in [5.74, 6) is -0.262. The van der Waals surface area contributed by atoms with Crippen LogP contribution < -0.4 is 4.31 Å². The molecule has 0 radical (unpaired) electrons. The summed E-state index contributed by atoms with van der Waals surface area (Å²) in [4.78, 5) is 14.7. The highest BCUT2D eigenvalue weighted by atomic mass is 32.2. The molecule has 2 aromatic carbocycles. The Morgan fingerprint density at radius 1 is 1.19 bits per heavy atom. The van der Waals surface area contributed by atoms with Gasteiger partial charge >= 0.3 is 0 Å². The van der Waals surface area contributed by atoms with Crippen molar-refractivity contribution in [3.63, 3.8) is 0 Å². The lowest BCUT2D eigenvalue weighted by atomic mass is 10.0. The van der Waals surface area contributed by atoms with Crippen molar-refractivity contribution in [3.05, 3.63) is 48.3 Å². The number of anilines is 1. The van der Waals surface area contributed by atoms with Crippen LogP contribution in [-0.4, -0.2) is 38.9 Å². The van der Waals surface area contributed by atoms with E-state index in [0.29, 0.717) is 35.8 Å². The monoisotopic (exact) mass is 388 g/mol. The van der Waals surface area contributed by atoms with Crippen molar-refractivity contribution in [2.75, 3.05) is 23.9 Å². The number of likely N-dealkylation sites (tertiary alicyclic amines) is 1. The molecule has 27 heavy (non-hydrogen) atoms. The highest BCUT2D eigenvalue weighted by Gasteiger charge is 2.37. The highest BCUT2D eigenvalue weighted by Crippen LogP contribution is 2.43. The lowest BCUT2D eigenvalue weighted by Crippen LogP contribution is -2.47. The van der Waals surface area contributed by atoms with E-state index in [1.807, 2.05) is 0 Å². The van der Waals surface area contributed by atoms with Gasteiger partial charge in [-0.2, -0.15) is 0 Å². The largest absolute Gasteiger partial charge is 0.341 e. The van der Waals surface area contributed by atoms with E-state index in [1.54, 1.807) is 23.1 Å². The average Bonchev–Trinajstić information content (AvgIpc) is 2.65. The van der Waals surface area contributed by atoms with E-state index >= 15 is 0 Å². The molecule has 7 heteroatoms. The predicted molar refractivity (Wildman–Crippen MR) is 101 cm³/mol. The van der Waals surface area contributed by atoms with Crippen LogP contribution in [0.5, 0.6) is 0 Å². The van der Waals surface area contributed by atoms with Gasteiger partial charge < -0.3 is 4.90 Å². The molecule has 0 N–H and O–H groups in total. The van der Waals surface area contributed by atoms with Crippen molar-refractivity contribution < 1.29 is 17.6 Å². The molecular weight excluding hydrogens is 367 g/mol.